The molecule has 2 heterocycles. The van der Waals surface area contributed by atoms with Crippen LogP contribution in [0.25, 0.3) is 0 Å². The summed E-state index contributed by atoms with van der Waals surface area (Å²) in [6, 6.07) is 3.09. The Kier molecular flexibility index (Phi) is 4.93. The number of amides is 1. The number of aliphatic carboxylic acids is 1. The Bertz CT molecular complexity index is 427. The number of rotatable bonds is 5. The molecule has 19 heavy (non-hydrogen) atoms. The number of thiophene rings is 1. The summed E-state index contributed by atoms with van der Waals surface area (Å²) in [4.78, 5) is 23.9. The van der Waals surface area contributed by atoms with Gasteiger partial charge in [0.2, 0.25) is 5.91 Å². The van der Waals surface area contributed by atoms with Crippen molar-refractivity contribution in [1.82, 2.24) is 10.6 Å². The molecule has 6 heteroatoms. The fraction of sp³-hybridized carbons (Fsp3) is 0.538. The van der Waals surface area contributed by atoms with Crippen molar-refractivity contribution in [2.45, 2.75) is 37.8 Å². The van der Waals surface area contributed by atoms with Crippen molar-refractivity contribution in [2.24, 2.45) is 0 Å². The molecular formula is C13H18N2O3S. The number of carboxylic acids is 1. The topological polar surface area (TPSA) is 78.4 Å². The van der Waals surface area contributed by atoms with Crippen LogP contribution in [0.3, 0.4) is 0 Å². The fourth-order valence-electron chi connectivity index (χ4n) is 2.23. The minimum atomic E-state index is -0.907. The molecule has 2 atom stereocenters. The van der Waals surface area contributed by atoms with Crippen molar-refractivity contribution in [1.29, 1.82) is 0 Å². The van der Waals surface area contributed by atoms with Crippen LogP contribution < -0.4 is 10.6 Å². The van der Waals surface area contributed by atoms with Crippen LogP contribution in [0.1, 0.15) is 36.6 Å². The maximum Gasteiger partial charge on any atom is 0.305 e. The Morgan fingerprint density at radius 2 is 2.37 bits per heavy atom. The number of hydrogen-bond acceptors (Lipinski definition) is 4. The van der Waals surface area contributed by atoms with Gasteiger partial charge in [-0.25, -0.2) is 0 Å². The number of piperidine rings is 1. The predicted octanol–water partition coefficient (Wildman–Crippen LogP) is 1.52. The SMILES string of the molecule is O=C(O)CC(NC(=O)[C@@H]1CCCCN1)c1cccs1. The third-order valence-corrected chi connectivity index (χ3v) is 4.19. The molecule has 0 radical (unpaired) electrons. The molecule has 1 saturated heterocycles. The van der Waals surface area contributed by atoms with Gasteiger partial charge in [-0.05, 0) is 30.8 Å². The summed E-state index contributed by atoms with van der Waals surface area (Å²) in [7, 11) is 0. The maximum absolute atomic E-state index is 12.1. The average Bonchev–Trinajstić information content (AvgIpc) is 2.92. The van der Waals surface area contributed by atoms with E-state index in [0.29, 0.717) is 0 Å². The number of nitrogens with one attached hydrogen (secondary N) is 2. The van der Waals surface area contributed by atoms with E-state index in [1.807, 2.05) is 17.5 Å². The van der Waals surface area contributed by atoms with E-state index in [0.717, 1.165) is 30.7 Å². The van der Waals surface area contributed by atoms with Gasteiger partial charge in [0.1, 0.15) is 0 Å². The van der Waals surface area contributed by atoms with Gasteiger partial charge in [0.25, 0.3) is 0 Å². The summed E-state index contributed by atoms with van der Waals surface area (Å²) in [5.41, 5.74) is 0. The molecule has 1 aliphatic heterocycles. The average molecular weight is 282 g/mol. The molecule has 0 aromatic carbocycles. The number of carboxylic acid groups (broad SMARTS) is 1. The summed E-state index contributed by atoms with van der Waals surface area (Å²) >= 11 is 1.46. The Morgan fingerprint density at radius 1 is 1.53 bits per heavy atom. The lowest BCUT2D eigenvalue weighted by Gasteiger charge is -2.25. The third-order valence-electron chi connectivity index (χ3n) is 3.21. The van der Waals surface area contributed by atoms with Gasteiger partial charge in [0.05, 0.1) is 18.5 Å². The Labute approximate surface area is 116 Å². The van der Waals surface area contributed by atoms with Crippen molar-refractivity contribution < 1.29 is 14.7 Å². The Morgan fingerprint density at radius 3 is 2.95 bits per heavy atom. The molecule has 0 bridgehead atoms. The van der Waals surface area contributed by atoms with Gasteiger partial charge < -0.3 is 15.7 Å². The van der Waals surface area contributed by atoms with Gasteiger partial charge in [-0.15, -0.1) is 11.3 Å². The summed E-state index contributed by atoms with van der Waals surface area (Å²) < 4.78 is 0. The maximum atomic E-state index is 12.1. The van der Waals surface area contributed by atoms with Crippen LogP contribution in [-0.4, -0.2) is 29.6 Å². The molecule has 1 fully saturated rings. The molecule has 3 N–H and O–H groups in total. The van der Waals surface area contributed by atoms with E-state index < -0.39 is 12.0 Å². The molecule has 0 aliphatic carbocycles. The molecule has 104 valence electrons. The third kappa shape index (κ3) is 4.04. The summed E-state index contributed by atoms with van der Waals surface area (Å²) in [5, 5.41) is 16.8. The first kappa shape index (κ1) is 14.0. The highest BCUT2D eigenvalue weighted by Gasteiger charge is 2.25. The number of hydrogen-bond donors (Lipinski definition) is 3. The molecule has 1 aliphatic rings. The molecule has 1 amide bonds. The van der Waals surface area contributed by atoms with Crippen LogP contribution in [0.5, 0.6) is 0 Å². The van der Waals surface area contributed by atoms with Gasteiger partial charge >= 0.3 is 5.97 Å². The van der Waals surface area contributed by atoms with E-state index in [4.69, 9.17) is 5.11 Å². The van der Waals surface area contributed by atoms with Crippen molar-refractivity contribution >= 4 is 23.2 Å². The van der Waals surface area contributed by atoms with E-state index in [-0.39, 0.29) is 18.4 Å². The fourth-order valence-corrected chi connectivity index (χ4v) is 3.01. The normalized spacial score (nSPS) is 20.7. The molecule has 1 aromatic heterocycles. The lowest BCUT2D eigenvalue weighted by molar-refractivity contribution is -0.137. The van der Waals surface area contributed by atoms with Crippen molar-refractivity contribution in [2.75, 3.05) is 6.54 Å². The lowest BCUT2D eigenvalue weighted by atomic mass is 10.0. The van der Waals surface area contributed by atoms with E-state index >= 15 is 0 Å². The van der Waals surface area contributed by atoms with E-state index in [1.54, 1.807) is 0 Å². The first-order valence-electron chi connectivity index (χ1n) is 6.46. The highest BCUT2D eigenvalue weighted by atomic mass is 32.1. The molecule has 1 aromatic rings. The van der Waals surface area contributed by atoms with Crippen LogP contribution in [0, 0.1) is 0 Å². The second-order valence-electron chi connectivity index (χ2n) is 4.68. The first-order chi connectivity index (χ1) is 9.16. The largest absolute Gasteiger partial charge is 0.481 e. The van der Waals surface area contributed by atoms with E-state index in [9.17, 15) is 9.59 Å². The predicted molar refractivity (Wildman–Crippen MR) is 73.1 cm³/mol. The molecule has 0 saturated carbocycles. The van der Waals surface area contributed by atoms with Gasteiger partial charge in [-0.3, -0.25) is 9.59 Å². The lowest BCUT2D eigenvalue weighted by Crippen LogP contribution is -2.47. The zero-order chi connectivity index (χ0) is 13.7. The van der Waals surface area contributed by atoms with Crippen LogP contribution >= 0.6 is 11.3 Å². The minimum absolute atomic E-state index is 0.0844. The molecular weight excluding hydrogens is 264 g/mol. The van der Waals surface area contributed by atoms with Crippen LogP contribution in [-0.2, 0) is 9.59 Å². The minimum Gasteiger partial charge on any atom is -0.481 e. The smallest absolute Gasteiger partial charge is 0.305 e. The summed E-state index contributed by atoms with van der Waals surface area (Å²) in [6.07, 6.45) is 2.86. The van der Waals surface area contributed by atoms with Gasteiger partial charge in [-0.1, -0.05) is 12.5 Å². The van der Waals surface area contributed by atoms with Crippen LogP contribution in [0.15, 0.2) is 17.5 Å². The van der Waals surface area contributed by atoms with Gasteiger partial charge in [0, 0.05) is 4.88 Å². The number of carbonyl (C=O) groups excluding carboxylic acids is 1. The molecule has 2 rings (SSSR count). The molecule has 1 unspecified atom stereocenters. The van der Waals surface area contributed by atoms with Crippen molar-refractivity contribution in [3.63, 3.8) is 0 Å². The van der Waals surface area contributed by atoms with Crippen molar-refractivity contribution in [3.05, 3.63) is 22.4 Å². The second kappa shape index (κ2) is 6.68. The van der Waals surface area contributed by atoms with Gasteiger partial charge in [-0.2, -0.15) is 0 Å². The Hall–Kier alpha value is -1.40. The Balaban J connectivity index is 1.99. The summed E-state index contributed by atoms with van der Waals surface area (Å²) in [6.45, 7) is 0.848. The molecule has 5 nitrogen and oxygen atoms in total. The monoisotopic (exact) mass is 282 g/mol. The standard InChI is InChI=1S/C13H18N2O3S/c16-12(17)8-10(11-5-3-7-19-11)15-13(18)9-4-1-2-6-14-9/h3,5,7,9-10,14H,1-2,4,6,8H2,(H,15,18)(H,16,17)/t9-,10?/m0/s1. The first-order valence-corrected chi connectivity index (χ1v) is 7.33. The number of carbonyl (C=O) groups is 2. The van der Waals surface area contributed by atoms with E-state index in [2.05, 4.69) is 10.6 Å². The van der Waals surface area contributed by atoms with Crippen LogP contribution in [0.2, 0.25) is 0 Å². The van der Waals surface area contributed by atoms with Crippen molar-refractivity contribution in [3.8, 4) is 0 Å². The van der Waals surface area contributed by atoms with Gasteiger partial charge in [0.15, 0.2) is 0 Å². The molecule has 0 spiro atoms. The second-order valence-corrected chi connectivity index (χ2v) is 5.66. The highest BCUT2D eigenvalue weighted by Crippen LogP contribution is 2.22. The zero-order valence-corrected chi connectivity index (χ0v) is 11.4. The van der Waals surface area contributed by atoms with Crippen LogP contribution in [0.4, 0.5) is 0 Å². The quantitative estimate of drug-likeness (QED) is 0.765. The zero-order valence-electron chi connectivity index (χ0n) is 10.6. The van der Waals surface area contributed by atoms with E-state index in [1.165, 1.54) is 11.3 Å². The highest BCUT2D eigenvalue weighted by molar-refractivity contribution is 7.10. The summed E-state index contributed by atoms with van der Waals surface area (Å²) in [5.74, 6) is -1.00.